The number of carbonyl (C=O) groups is 1. The third-order valence-electron chi connectivity index (χ3n) is 4.98. The van der Waals surface area contributed by atoms with Crippen molar-refractivity contribution in [3.63, 3.8) is 0 Å². The van der Waals surface area contributed by atoms with Crippen molar-refractivity contribution >= 4 is 11.6 Å². The van der Waals surface area contributed by atoms with Crippen LogP contribution < -0.4 is 5.32 Å². The molecule has 28 heavy (non-hydrogen) atoms. The number of benzene rings is 3. The molecule has 4 nitrogen and oxygen atoms in total. The second-order valence-electron chi connectivity index (χ2n) is 6.86. The fraction of sp³-hybridized carbons (Fsp3) is 0.208. The number of hydrogen-bond acceptors (Lipinski definition) is 3. The monoisotopic (exact) mass is 374 g/mol. The highest BCUT2D eigenvalue weighted by Crippen LogP contribution is 2.36. The summed E-state index contributed by atoms with van der Waals surface area (Å²) in [5.41, 5.74) is 3.88. The quantitative estimate of drug-likeness (QED) is 0.424. The van der Waals surface area contributed by atoms with Crippen LogP contribution in [0.4, 0.5) is 5.69 Å². The van der Waals surface area contributed by atoms with E-state index >= 15 is 0 Å². The molecule has 0 bridgehead atoms. The summed E-state index contributed by atoms with van der Waals surface area (Å²) in [4.78, 5) is 11.9. The van der Waals surface area contributed by atoms with E-state index in [0.717, 1.165) is 12.1 Å². The van der Waals surface area contributed by atoms with Gasteiger partial charge in [-0.1, -0.05) is 67.6 Å². The Labute approximate surface area is 166 Å². The SMILES string of the molecule is CCC(c1ccccc1)C(Nc1ccc(C(=O)N(C)O)cc1)c1ccccc1. The van der Waals surface area contributed by atoms with E-state index in [0.29, 0.717) is 16.5 Å². The van der Waals surface area contributed by atoms with Gasteiger partial charge >= 0.3 is 0 Å². The summed E-state index contributed by atoms with van der Waals surface area (Å²) >= 11 is 0. The van der Waals surface area contributed by atoms with Gasteiger partial charge in [-0.15, -0.1) is 0 Å². The molecule has 0 heterocycles. The van der Waals surface area contributed by atoms with E-state index in [9.17, 15) is 10.0 Å². The Morgan fingerprint density at radius 2 is 1.43 bits per heavy atom. The van der Waals surface area contributed by atoms with Gasteiger partial charge < -0.3 is 5.32 Å². The van der Waals surface area contributed by atoms with Gasteiger partial charge in [0, 0.05) is 24.2 Å². The minimum absolute atomic E-state index is 0.0932. The number of amides is 1. The van der Waals surface area contributed by atoms with Crippen LogP contribution in [-0.2, 0) is 0 Å². The molecule has 3 aromatic carbocycles. The van der Waals surface area contributed by atoms with Crippen molar-refractivity contribution in [2.45, 2.75) is 25.3 Å². The molecule has 144 valence electrons. The zero-order valence-corrected chi connectivity index (χ0v) is 16.2. The fourth-order valence-electron chi connectivity index (χ4n) is 3.52. The predicted molar refractivity (Wildman–Crippen MR) is 113 cm³/mol. The smallest absolute Gasteiger partial charge is 0.276 e. The average molecular weight is 374 g/mol. The molecule has 0 aliphatic carbocycles. The maximum absolute atomic E-state index is 11.9. The number of nitrogens with zero attached hydrogens (tertiary/aromatic N) is 1. The van der Waals surface area contributed by atoms with Crippen molar-refractivity contribution in [1.29, 1.82) is 0 Å². The lowest BCUT2D eigenvalue weighted by Gasteiger charge is -2.29. The van der Waals surface area contributed by atoms with Crippen LogP contribution in [0.3, 0.4) is 0 Å². The lowest BCUT2D eigenvalue weighted by atomic mass is 9.85. The standard InChI is InChI=1S/C24H26N2O2/c1-3-22(18-10-6-4-7-11-18)23(19-12-8-5-9-13-19)25-21-16-14-20(15-17-21)24(27)26(2)28/h4-17,22-23,25,28H,3H2,1-2H3. The third-order valence-corrected chi connectivity index (χ3v) is 4.98. The number of nitrogens with one attached hydrogen (secondary N) is 1. The first-order valence-corrected chi connectivity index (χ1v) is 9.53. The lowest BCUT2D eigenvalue weighted by Crippen LogP contribution is -2.22. The van der Waals surface area contributed by atoms with Crippen LogP contribution in [0.2, 0.25) is 0 Å². The zero-order valence-electron chi connectivity index (χ0n) is 16.2. The average Bonchev–Trinajstić information content (AvgIpc) is 2.75. The number of anilines is 1. The Balaban J connectivity index is 1.91. The second kappa shape index (κ2) is 9.20. The Hall–Kier alpha value is -3.11. The Morgan fingerprint density at radius 3 is 1.93 bits per heavy atom. The summed E-state index contributed by atoms with van der Waals surface area (Å²) in [7, 11) is 1.33. The number of rotatable bonds is 7. The topological polar surface area (TPSA) is 52.6 Å². The molecule has 0 aliphatic rings. The molecular weight excluding hydrogens is 348 g/mol. The molecule has 2 atom stereocenters. The van der Waals surface area contributed by atoms with Gasteiger partial charge in [-0.2, -0.15) is 0 Å². The first kappa shape index (κ1) is 19.6. The molecule has 1 amide bonds. The van der Waals surface area contributed by atoms with E-state index in [1.165, 1.54) is 18.2 Å². The highest BCUT2D eigenvalue weighted by atomic mass is 16.5. The van der Waals surface area contributed by atoms with Gasteiger partial charge in [0.25, 0.3) is 5.91 Å². The molecule has 2 N–H and O–H groups in total. The van der Waals surface area contributed by atoms with Gasteiger partial charge in [-0.05, 0) is 41.8 Å². The van der Waals surface area contributed by atoms with Crippen LogP contribution >= 0.6 is 0 Å². The van der Waals surface area contributed by atoms with Crippen molar-refractivity contribution < 1.29 is 10.0 Å². The van der Waals surface area contributed by atoms with E-state index in [1.54, 1.807) is 12.1 Å². The Kier molecular flexibility index (Phi) is 6.45. The normalized spacial score (nSPS) is 12.8. The number of carbonyl (C=O) groups excluding carboxylic acids is 1. The van der Waals surface area contributed by atoms with Crippen LogP contribution in [-0.4, -0.2) is 23.2 Å². The summed E-state index contributed by atoms with van der Waals surface area (Å²) in [5, 5.41) is 13.6. The van der Waals surface area contributed by atoms with Crippen molar-refractivity contribution in [2.24, 2.45) is 0 Å². The van der Waals surface area contributed by atoms with E-state index < -0.39 is 5.91 Å². The van der Waals surface area contributed by atoms with Crippen molar-refractivity contribution in [3.05, 3.63) is 102 Å². The molecule has 2 unspecified atom stereocenters. The van der Waals surface area contributed by atoms with E-state index in [1.807, 2.05) is 24.3 Å². The largest absolute Gasteiger partial charge is 0.378 e. The Bertz CT molecular complexity index is 877. The predicted octanol–water partition coefficient (Wildman–Crippen LogP) is 5.49. The molecule has 0 aliphatic heterocycles. The zero-order chi connectivity index (χ0) is 19.9. The molecule has 0 saturated carbocycles. The first-order valence-electron chi connectivity index (χ1n) is 9.53. The summed E-state index contributed by atoms with van der Waals surface area (Å²) in [6.07, 6.45) is 0.989. The van der Waals surface area contributed by atoms with Gasteiger partial charge in [0.1, 0.15) is 0 Å². The molecule has 3 rings (SSSR count). The number of hydrogen-bond donors (Lipinski definition) is 2. The molecule has 0 aromatic heterocycles. The van der Waals surface area contributed by atoms with Gasteiger partial charge in [-0.25, -0.2) is 5.06 Å². The molecule has 0 spiro atoms. The Morgan fingerprint density at radius 1 is 0.893 bits per heavy atom. The molecule has 0 fully saturated rings. The molecule has 3 aromatic rings. The van der Waals surface area contributed by atoms with Crippen LogP contribution in [0.5, 0.6) is 0 Å². The first-order chi connectivity index (χ1) is 13.6. The number of hydroxylamine groups is 2. The summed E-state index contributed by atoms with van der Waals surface area (Å²) in [6, 6.07) is 28.2. The van der Waals surface area contributed by atoms with Gasteiger partial charge in [0.2, 0.25) is 0 Å². The van der Waals surface area contributed by atoms with E-state index in [4.69, 9.17) is 0 Å². The highest BCUT2D eigenvalue weighted by Gasteiger charge is 2.23. The summed E-state index contributed by atoms with van der Waals surface area (Å²) < 4.78 is 0. The molecular formula is C24H26N2O2. The maximum atomic E-state index is 11.9. The second-order valence-corrected chi connectivity index (χ2v) is 6.86. The lowest BCUT2D eigenvalue weighted by molar-refractivity contribution is -0.0374. The van der Waals surface area contributed by atoms with Crippen molar-refractivity contribution in [1.82, 2.24) is 5.06 Å². The van der Waals surface area contributed by atoms with Gasteiger partial charge in [-0.3, -0.25) is 10.0 Å². The maximum Gasteiger partial charge on any atom is 0.276 e. The minimum Gasteiger partial charge on any atom is -0.378 e. The fourth-order valence-corrected chi connectivity index (χ4v) is 3.52. The van der Waals surface area contributed by atoms with Crippen molar-refractivity contribution in [2.75, 3.05) is 12.4 Å². The molecule has 4 heteroatoms. The van der Waals surface area contributed by atoms with Crippen LogP contribution in [0, 0.1) is 0 Å². The van der Waals surface area contributed by atoms with Crippen LogP contribution in [0.15, 0.2) is 84.9 Å². The van der Waals surface area contributed by atoms with Gasteiger partial charge in [0.05, 0.1) is 6.04 Å². The van der Waals surface area contributed by atoms with Crippen molar-refractivity contribution in [3.8, 4) is 0 Å². The summed E-state index contributed by atoms with van der Waals surface area (Å²) in [6.45, 7) is 2.20. The van der Waals surface area contributed by atoms with Gasteiger partial charge in [0.15, 0.2) is 0 Å². The molecule has 0 radical (unpaired) electrons. The van der Waals surface area contributed by atoms with Crippen LogP contribution in [0.25, 0.3) is 0 Å². The third kappa shape index (κ3) is 4.59. The summed E-state index contributed by atoms with van der Waals surface area (Å²) in [5.74, 6) is -0.129. The van der Waals surface area contributed by atoms with E-state index in [2.05, 4.69) is 60.8 Å². The van der Waals surface area contributed by atoms with E-state index in [-0.39, 0.29) is 6.04 Å². The molecule has 0 saturated heterocycles. The minimum atomic E-state index is -0.429. The van der Waals surface area contributed by atoms with Crippen LogP contribution in [0.1, 0.15) is 46.8 Å². The highest BCUT2D eigenvalue weighted by molar-refractivity contribution is 5.93.